The molecule has 0 aromatic carbocycles. The highest BCUT2D eigenvalue weighted by molar-refractivity contribution is 4.76. The van der Waals surface area contributed by atoms with Crippen molar-refractivity contribution in [1.82, 2.24) is 9.80 Å². The number of hydrogen-bond donors (Lipinski definition) is 1. The first-order valence-electron chi connectivity index (χ1n) is 6.99. The monoisotopic (exact) mass is 242 g/mol. The molecule has 2 aliphatic heterocycles. The molecule has 0 spiro atoms. The van der Waals surface area contributed by atoms with Gasteiger partial charge in [-0.3, -0.25) is 4.90 Å². The van der Waals surface area contributed by atoms with E-state index >= 15 is 0 Å². The number of nitrogens with zero attached hydrogens (tertiary/aromatic N) is 2. The lowest BCUT2D eigenvalue weighted by molar-refractivity contribution is -0.0961. The van der Waals surface area contributed by atoms with Crippen LogP contribution in [0.15, 0.2) is 0 Å². The van der Waals surface area contributed by atoms with E-state index in [4.69, 9.17) is 4.74 Å². The number of rotatable bonds is 4. The van der Waals surface area contributed by atoms with Crippen LogP contribution in [0.2, 0.25) is 0 Å². The molecule has 0 aromatic heterocycles. The molecular weight excluding hydrogens is 216 g/mol. The van der Waals surface area contributed by atoms with Crippen molar-refractivity contribution in [2.75, 3.05) is 45.9 Å². The Morgan fingerprint density at radius 3 is 2.47 bits per heavy atom. The fourth-order valence-corrected chi connectivity index (χ4v) is 2.89. The van der Waals surface area contributed by atoms with E-state index in [1.54, 1.807) is 0 Å². The van der Waals surface area contributed by atoms with Gasteiger partial charge in [0.2, 0.25) is 0 Å². The maximum Gasteiger partial charge on any atom is 0.0936 e. The van der Waals surface area contributed by atoms with Gasteiger partial charge < -0.3 is 14.7 Å². The Labute approximate surface area is 105 Å². The fraction of sp³-hybridized carbons (Fsp3) is 1.00. The van der Waals surface area contributed by atoms with Gasteiger partial charge in [-0.2, -0.15) is 0 Å². The van der Waals surface area contributed by atoms with E-state index in [2.05, 4.69) is 16.7 Å². The summed E-state index contributed by atoms with van der Waals surface area (Å²) in [5.74, 6) is 0. The molecule has 0 amide bonds. The Balaban J connectivity index is 1.70. The van der Waals surface area contributed by atoms with Gasteiger partial charge in [-0.25, -0.2) is 0 Å². The second-order valence-corrected chi connectivity index (χ2v) is 5.41. The minimum Gasteiger partial charge on any atom is -0.394 e. The third kappa shape index (κ3) is 4.21. The first-order chi connectivity index (χ1) is 8.28. The van der Waals surface area contributed by atoms with Gasteiger partial charge in [0.25, 0.3) is 0 Å². The van der Waals surface area contributed by atoms with Crippen molar-refractivity contribution in [2.24, 2.45) is 0 Å². The third-order valence-corrected chi connectivity index (χ3v) is 3.79. The van der Waals surface area contributed by atoms with Crippen LogP contribution < -0.4 is 0 Å². The summed E-state index contributed by atoms with van der Waals surface area (Å²) in [4.78, 5) is 5.00. The summed E-state index contributed by atoms with van der Waals surface area (Å²) >= 11 is 0. The summed E-state index contributed by atoms with van der Waals surface area (Å²) in [7, 11) is 0. The second-order valence-electron chi connectivity index (χ2n) is 5.41. The fourth-order valence-electron chi connectivity index (χ4n) is 2.89. The molecule has 0 radical (unpaired) electrons. The van der Waals surface area contributed by atoms with Crippen LogP contribution >= 0.6 is 0 Å². The molecule has 0 aliphatic carbocycles. The van der Waals surface area contributed by atoms with Gasteiger partial charge in [0.1, 0.15) is 0 Å². The Hall–Kier alpha value is -0.160. The van der Waals surface area contributed by atoms with Crippen molar-refractivity contribution in [1.29, 1.82) is 0 Å². The summed E-state index contributed by atoms with van der Waals surface area (Å²) in [6.07, 6.45) is 4.39. The lowest BCUT2D eigenvalue weighted by Crippen LogP contribution is -2.50. The molecule has 4 heteroatoms. The molecule has 0 saturated carbocycles. The number of piperidine rings is 1. The lowest BCUT2D eigenvalue weighted by Gasteiger charge is -2.37. The molecular formula is C13H26N2O2. The molecule has 2 unspecified atom stereocenters. The number of hydrogen-bond acceptors (Lipinski definition) is 4. The van der Waals surface area contributed by atoms with Crippen LogP contribution in [-0.4, -0.2) is 73.0 Å². The first-order valence-corrected chi connectivity index (χ1v) is 6.99. The van der Waals surface area contributed by atoms with Crippen molar-refractivity contribution in [3.05, 3.63) is 0 Å². The van der Waals surface area contributed by atoms with E-state index in [1.165, 1.54) is 38.9 Å². The highest BCUT2D eigenvalue weighted by atomic mass is 16.5. The van der Waals surface area contributed by atoms with E-state index in [-0.39, 0.29) is 18.8 Å². The Bertz CT molecular complexity index is 219. The van der Waals surface area contributed by atoms with E-state index in [0.717, 1.165) is 19.6 Å². The van der Waals surface area contributed by atoms with E-state index < -0.39 is 0 Å². The zero-order chi connectivity index (χ0) is 12.1. The average Bonchev–Trinajstić information content (AvgIpc) is 2.37. The third-order valence-electron chi connectivity index (χ3n) is 3.79. The molecule has 2 fully saturated rings. The van der Waals surface area contributed by atoms with E-state index in [1.807, 2.05) is 0 Å². The number of likely N-dealkylation sites (tertiary alicyclic amines) is 1. The van der Waals surface area contributed by atoms with E-state index in [9.17, 15) is 5.11 Å². The van der Waals surface area contributed by atoms with Gasteiger partial charge in [-0.05, 0) is 32.9 Å². The van der Waals surface area contributed by atoms with Crippen LogP contribution in [0, 0.1) is 0 Å². The molecule has 4 nitrogen and oxygen atoms in total. The molecule has 2 rings (SSSR count). The zero-order valence-corrected chi connectivity index (χ0v) is 11.0. The van der Waals surface area contributed by atoms with Crippen molar-refractivity contribution < 1.29 is 9.84 Å². The highest BCUT2D eigenvalue weighted by Crippen LogP contribution is 2.12. The standard InChI is InChI=1S/C13H26N2O2/c1-12-9-15(10-13(11-16)17-12)8-7-14-5-3-2-4-6-14/h12-13,16H,2-11H2,1H3. The summed E-state index contributed by atoms with van der Waals surface area (Å²) in [6, 6.07) is 0. The molecule has 100 valence electrons. The topological polar surface area (TPSA) is 35.9 Å². The van der Waals surface area contributed by atoms with E-state index in [0.29, 0.717) is 0 Å². The van der Waals surface area contributed by atoms with Crippen LogP contribution in [0.25, 0.3) is 0 Å². The van der Waals surface area contributed by atoms with Crippen LogP contribution in [-0.2, 0) is 4.74 Å². The lowest BCUT2D eigenvalue weighted by atomic mass is 10.1. The highest BCUT2D eigenvalue weighted by Gasteiger charge is 2.24. The largest absolute Gasteiger partial charge is 0.394 e. The Morgan fingerprint density at radius 2 is 1.76 bits per heavy atom. The van der Waals surface area contributed by atoms with Crippen molar-refractivity contribution in [3.8, 4) is 0 Å². The molecule has 2 aliphatic rings. The quantitative estimate of drug-likeness (QED) is 0.781. The van der Waals surface area contributed by atoms with Gasteiger partial charge in [-0.15, -0.1) is 0 Å². The predicted molar refractivity (Wildman–Crippen MR) is 68.2 cm³/mol. The average molecular weight is 242 g/mol. The van der Waals surface area contributed by atoms with Gasteiger partial charge in [0.05, 0.1) is 18.8 Å². The molecule has 0 aromatic rings. The van der Waals surface area contributed by atoms with Gasteiger partial charge in [-0.1, -0.05) is 6.42 Å². The molecule has 0 bridgehead atoms. The first kappa shape index (κ1) is 13.3. The second kappa shape index (κ2) is 6.69. The summed E-state index contributed by atoms with van der Waals surface area (Å²) < 4.78 is 5.65. The smallest absolute Gasteiger partial charge is 0.0936 e. The normalized spacial score (nSPS) is 32.8. The predicted octanol–water partition coefficient (Wildman–Crippen LogP) is 0.554. The Morgan fingerprint density at radius 1 is 1.06 bits per heavy atom. The molecule has 17 heavy (non-hydrogen) atoms. The van der Waals surface area contributed by atoms with Crippen molar-refractivity contribution >= 4 is 0 Å². The maximum absolute atomic E-state index is 9.18. The van der Waals surface area contributed by atoms with Gasteiger partial charge >= 0.3 is 0 Å². The molecule has 2 saturated heterocycles. The van der Waals surface area contributed by atoms with Crippen molar-refractivity contribution in [2.45, 2.75) is 38.4 Å². The molecule has 1 N–H and O–H groups in total. The number of ether oxygens (including phenoxy) is 1. The Kier molecular flexibility index (Phi) is 5.22. The summed E-state index contributed by atoms with van der Waals surface area (Å²) in [5, 5.41) is 9.18. The zero-order valence-electron chi connectivity index (χ0n) is 11.0. The summed E-state index contributed by atoms with van der Waals surface area (Å²) in [6.45, 7) is 8.95. The molecule has 2 heterocycles. The minimum absolute atomic E-state index is 0.0140. The number of morpholine rings is 1. The van der Waals surface area contributed by atoms with Crippen LogP contribution in [0.4, 0.5) is 0 Å². The molecule has 2 atom stereocenters. The van der Waals surface area contributed by atoms with Crippen LogP contribution in [0.1, 0.15) is 26.2 Å². The minimum atomic E-state index is 0.0140. The van der Waals surface area contributed by atoms with Crippen molar-refractivity contribution in [3.63, 3.8) is 0 Å². The SMILES string of the molecule is CC1CN(CCN2CCCCC2)CC(CO)O1. The summed E-state index contributed by atoms with van der Waals surface area (Å²) in [5.41, 5.74) is 0. The number of aliphatic hydroxyl groups is 1. The van der Waals surface area contributed by atoms with Crippen LogP contribution in [0.5, 0.6) is 0 Å². The van der Waals surface area contributed by atoms with Gasteiger partial charge in [0, 0.05) is 26.2 Å². The maximum atomic E-state index is 9.18. The van der Waals surface area contributed by atoms with Gasteiger partial charge in [0.15, 0.2) is 0 Å². The number of aliphatic hydroxyl groups excluding tert-OH is 1. The van der Waals surface area contributed by atoms with Crippen LogP contribution in [0.3, 0.4) is 0 Å².